The van der Waals surface area contributed by atoms with Crippen molar-refractivity contribution in [2.75, 3.05) is 11.4 Å². The molecule has 0 aliphatic carbocycles. The van der Waals surface area contributed by atoms with E-state index in [0.29, 0.717) is 5.82 Å². The lowest BCUT2D eigenvalue weighted by Gasteiger charge is -2.24. The molecule has 92 valence electrons. The van der Waals surface area contributed by atoms with Crippen LogP contribution in [0.2, 0.25) is 0 Å². The predicted octanol–water partition coefficient (Wildman–Crippen LogP) is 1.39. The van der Waals surface area contributed by atoms with Crippen LogP contribution in [0.4, 0.5) is 5.82 Å². The third-order valence-corrected chi connectivity index (χ3v) is 3.20. The molecule has 0 saturated carbocycles. The Morgan fingerprint density at radius 2 is 2.18 bits per heavy atom. The van der Waals surface area contributed by atoms with Gasteiger partial charge in [0, 0.05) is 18.3 Å². The van der Waals surface area contributed by atoms with Crippen LogP contribution in [-0.2, 0) is 4.79 Å². The van der Waals surface area contributed by atoms with Gasteiger partial charge in [0.25, 0.3) is 0 Å². The Kier molecular flexibility index (Phi) is 3.00. The summed E-state index contributed by atoms with van der Waals surface area (Å²) >= 11 is 0. The van der Waals surface area contributed by atoms with Gasteiger partial charge in [-0.25, -0.2) is 14.8 Å². The third-order valence-electron chi connectivity index (χ3n) is 3.20. The van der Waals surface area contributed by atoms with Gasteiger partial charge in [-0.1, -0.05) is 6.92 Å². The van der Waals surface area contributed by atoms with E-state index in [-0.39, 0.29) is 5.92 Å². The number of aliphatic carboxylic acids is 1. The first-order valence-corrected chi connectivity index (χ1v) is 5.81. The van der Waals surface area contributed by atoms with Crippen molar-refractivity contribution in [3.8, 4) is 0 Å². The number of hydrogen-bond acceptors (Lipinski definition) is 4. The Hall–Kier alpha value is -1.65. The van der Waals surface area contributed by atoms with E-state index < -0.39 is 12.0 Å². The normalized spacial score (nSPS) is 24.1. The topological polar surface area (TPSA) is 66.3 Å². The van der Waals surface area contributed by atoms with Gasteiger partial charge < -0.3 is 10.0 Å². The monoisotopic (exact) mass is 235 g/mol. The summed E-state index contributed by atoms with van der Waals surface area (Å²) in [6.45, 7) is 6.44. The lowest BCUT2D eigenvalue weighted by atomic mass is 10.0. The van der Waals surface area contributed by atoms with Gasteiger partial charge in [-0.05, 0) is 26.2 Å². The van der Waals surface area contributed by atoms with Crippen LogP contribution in [0.5, 0.6) is 0 Å². The molecule has 1 N–H and O–H groups in total. The molecule has 2 unspecified atom stereocenters. The van der Waals surface area contributed by atoms with Gasteiger partial charge in [-0.15, -0.1) is 0 Å². The maximum absolute atomic E-state index is 11.3. The SMILES string of the molecule is Cc1cc(N2CCC(C)C2C(=O)O)nc(C)n1. The second-order valence-electron chi connectivity index (χ2n) is 4.66. The van der Waals surface area contributed by atoms with Gasteiger partial charge in [0.05, 0.1) is 0 Å². The van der Waals surface area contributed by atoms with Crippen molar-refractivity contribution >= 4 is 11.8 Å². The highest BCUT2D eigenvalue weighted by molar-refractivity contribution is 5.79. The Bertz CT molecular complexity index is 427. The third kappa shape index (κ3) is 2.23. The molecule has 17 heavy (non-hydrogen) atoms. The minimum atomic E-state index is -0.774. The second kappa shape index (κ2) is 4.31. The fourth-order valence-corrected chi connectivity index (χ4v) is 2.43. The van der Waals surface area contributed by atoms with Crippen molar-refractivity contribution in [3.63, 3.8) is 0 Å². The summed E-state index contributed by atoms with van der Waals surface area (Å²) in [7, 11) is 0. The molecule has 2 rings (SSSR count). The number of carboxylic acids is 1. The van der Waals surface area contributed by atoms with E-state index in [2.05, 4.69) is 9.97 Å². The Balaban J connectivity index is 2.35. The van der Waals surface area contributed by atoms with Gasteiger partial charge in [0.1, 0.15) is 17.7 Å². The van der Waals surface area contributed by atoms with Crippen LogP contribution >= 0.6 is 0 Å². The van der Waals surface area contributed by atoms with Crippen LogP contribution in [0.1, 0.15) is 24.9 Å². The molecule has 1 aromatic rings. The molecule has 1 aliphatic rings. The van der Waals surface area contributed by atoms with Crippen LogP contribution in [0.25, 0.3) is 0 Å². The van der Waals surface area contributed by atoms with Gasteiger partial charge >= 0.3 is 5.97 Å². The summed E-state index contributed by atoms with van der Waals surface area (Å²) in [6.07, 6.45) is 0.888. The van der Waals surface area contributed by atoms with E-state index in [1.165, 1.54) is 0 Å². The Labute approximate surface area is 100 Å². The fraction of sp³-hybridized carbons (Fsp3) is 0.583. The van der Waals surface area contributed by atoms with Crippen LogP contribution < -0.4 is 4.90 Å². The number of carboxylic acid groups (broad SMARTS) is 1. The van der Waals surface area contributed by atoms with E-state index in [1.54, 1.807) is 0 Å². The zero-order valence-electron chi connectivity index (χ0n) is 10.3. The summed E-state index contributed by atoms with van der Waals surface area (Å²) in [5, 5.41) is 9.27. The standard InChI is InChI=1S/C12H17N3O2/c1-7-4-5-15(11(7)12(16)17)10-6-8(2)13-9(3)14-10/h6-7,11H,4-5H2,1-3H3,(H,16,17). The zero-order valence-corrected chi connectivity index (χ0v) is 10.3. The van der Waals surface area contributed by atoms with Crippen molar-refractivity contribution in [1.82, 2.24) is 9.97 Å². The molecule has 0 amide bonds. The minimum absolute atomic E-state index is 0.156. The first kappa shape index (κ1) is 11.8. The number of anilines is 1. The van der Waals surface area contributed by atoms with E-state index >= 15 is 0 Å². The summed E-state index contributed by atoms with van der Waals surface area (Å²) in [5.41, 5.74) is 0.871. The van der Waals surface area contributed by atoms with Gasteiger partial charge in [0.15, 0.2) is 0 Å². The number of carbonyl (C=O) groups is 1. The van der Waals surface area contributed by atoms with Gasteiger partial charge in [-0.2, -0.15) is 0 Å². The summed E-state index contributed by atoms with van der Waals surface area (Å²) in [5.74, 6) is 0.794. The molecule has 1 fully saturated rings. The number of aromatic nitrogens is 2. The molecule has 1 saturated heterocycles. The molecule has 2 atom stereocenters. The number of nitrogens with zero attached hydrogens (tertiary/aromatic N) is 3. The van der Waals surface area contributed by atoms with Crippen molar-refractivity contribution in [1.29, 1.82) is 0 Å². The van der Waals surface area contributed by atoms with Crippen LogP contribution in [0.3, 0.4) is 0 Å². The maximum atomic E-state index is 11.3. The predicted molar refractivity (Wildman–Crippen MR) is 64.1 cm³/mol. The molecule has 0 bridgehead atoms. The first-order chi connectivity index (χ1) is 7.99. The highest BCUT2D eigenvalue weighted by atomic mass is 16.4. The van der Waals surface area contributed by atoms with Gasteiger partial charge in [-0.3, -0.25) is 0 Å². The summed E-state index contributed by atoms with van der Waals surface area (Å²) in [6, 6.07) is 1.38. The average Bonchev–Trinajstić information content (AvgIpc) is 2.58. The van der Waals surface area contributed by atoms with Crippen molar-refractivity contribution in [2.24, 2.45) is 5.92 Å². The number of rotatable bonds is 2. The molecular weight excluding hydrogens is 218 g/mol. The average molecular weight is 235 g/mol. The quantitative estimate of drug-likeness (QED) is 0.839. The fourth-order valence-electron chi connectivity index (χ4n) is 2.43. The Morgan fingerprint density at radius 1 is 1.47 bits per heavy atom. The van der Waals surface area contributed by atoms with Crippen LogP contribution in [-0.4, -0.2) is 33.6 Å². The van der Waals surface area contributed by atoms with Crippen LogP contribution in [0, 0.1) is 19.8 Å². The van der Waals surface area contributed by atoms with E-state index in [4.69, 9.17) is 0 Å². The minimum Gasteiger partial charge on any atom is -0.480 e. The molecule has 0 radical (unpaired) electrons. The molecule has 1 aliphatic heterocycles. The number of hydrogen-bond donors (Lipinski definition) is 1. The largest absolute Gasteiger partial charge is 0.480 e. The van der Waals surface area contributed by atoms with E-state index in [1.807, 2.05) is 31.7 Å². The molecule has 5 nitrogen and oxygen atoms in total. The maximum Gasteiger partial charge on any atom is 0.326 e. The van der Waals surface area contributed by atoms with Crippen LogP contribution in [0.15, 0.2) is 6.07 Å². The molecule has 2 heterocycles. The summed E-state index contributed by atoms with van der Waals surface area (Å²) < 4.78 is 0. The second-order valence-corrected chi connectivity index (χ2v) is 4.66. The highest BCUT2D eigenvalue weighted by Gasteiger charge is 2.37. The van der Waals surface area contributed by atoms with Gasteiger partial charge in [0.2, 0.25) is 0 Å². The first-order valence-electron chi connectivity index (χ1n) is 5.81. The van der Waals surface area contributed by atoms with Crippen molar-refractivity contribution < 1.29 is 9.90 Å². The zero-order chi connectivity index (χ0) is 12.6. The highest BCUT2D eigenvalue weighted by Crippen LogP contribution is 2.28. The van der Waals surface area contributed by atoms with E-state index in [9.17, 15) is 9.90 Å². The smallest absolute Gasteiger partial charge is 0.326 e. The molecule has 5 heteroatoms. The molecular formula is C12H17N3O2. The molecule has 1 aromatic heterocycles. The van der Waals surface area contributed by atoms with E-state index in [0.717, 1.165) is 24.5 Å². The van der Waals surface area contributed by atoms with Crippen molar-refractivity contribution in [3.05, 3.63) is 17.6 Å². The lowest BCUT2D eigenvalue weighted by molar-refractivity contribution is -0.139. The molecule has 0 aromatic carbocycles. The summed E-state index contributed by atoms with van der Waals surface area (Å²) in [4.78, 5) is 21.7. The number of aryl methyl sites for hydroxylation is 2. The molecule has 0 spiro atoms. The Morgan fingerprint density at radius 3 is 2.76 bits per heavy atom. The van der Waals surface area contributed by atoms with Crippen molar-refractivity contribution in [2.45, 2.75) is 33.2 Å². The lowest BCUT2D eigenvalue weighted by Crippen LogP contribution is -2.39.